The van der Waals surface area contributed by atoms with Gasteiger partial charge < -0.3 is 10.5 Å². The lowest BCUT2D eigenvalue weighted by atomic mass is 9.90. The molecule has 1 aliphatic carbocycles. The second kappa shape index (κ2) is 4.60. The van der Waals surface area contributed by atoms with Gasteiger partial charge in [0, 0.05) is 24.7 Å². The molecule has 0 aromatic heterocycles. The first-order valence-corrected chi connectivity index (χ1v) is 5.82. The molecule has 3 nitrogen and oxygen atoms in total. The van der Waals surface area contributed by atoms with Crippen molar-refractivity contribution in [2.24, 2.45) is 5.73 Å². The summed E-state index contributed by atoms with van der Waals surface area (Å²) in [4.78, 5) is 2.51. The fourth-order valence-corrected chi connectivity index (χ4v) is 2.71. The summed E-state index contributed by atoms with van der Waals surface area (Å²) in [5.41, 5.74) is 6.00. The lowest BCUT2D eigenvalue weighted by Crippen LogP contribution is -2.45. The minimum absolute atomic E-state index is 0.429. The first kappa shape index (κ1) is 10.4. The molecule has 1 saturated heterocycles. The number of hydrogen-bond acceptors (Lipinski definition) is 3. The molecule has 2 fully saturated rings. The first-order chi connectivity index (χ1) is 6.77. The first-order valence-electron chi connectivity index (χ1n) is 5.82. The van der Waals surface area contributed by atoms with Crippen molar-refractivity contribution in [2.75, 3.05) is 20.3 Å². The SMILES string of the molecule is CN(C1CCOC1)C1CCCC(N)C1. The number of ether oxygens (including phenoxy) is 1. The van der Waals surface area contributed by atoms with E-state index >= 15 is 0 Å². The van der Waals surface area contributed by atoms with Crippen LogP contribution in [-0.2, 0) is 4.74 Å². The standard InChI is InChI=1S/C11H22N2O/c1-13(11-5-6-14-8-11)10-4-2-3-9(12)7-10/h9-11H,2-8,12H2,1H3. The van der Waals surface area contributed by atoms with E-state index in [1.165, 1.54) is 32.1 Å². The van der Waals surface area contributed by atoms with Gasteiger partial charge in [-0.25, -0.2) is 0 Å². The van der Waals surface area contributed by atoms with Crippen molar-refractivity contribution in [3.8, 4) is 0 Å². The van der Waals surface area contributed by atoms with Gasteiger partial charge in [0.05, 0.1) is 6.61 Å². The van der Waals surface area contributed by atoms with Crippen LogP contribution in [0.2, 0.25) is 0 Å². The van der Waals surface area contributed by atoms with Crippen LogP contribution in [0.4, 0.5) is 0 Å². The van der Waals surface area contributed by atoms with Crippen molar-refractivity contribution in [2.45, 2.75) is 50.2 Å². The highest BCUT2D eigenvalue weighted by Crippen LogP contribution is 2.24. The maximum atomic E-state index is 6.00. The van der Waals surface area contributed by atoms with E-state index in [-0.39, 0.29) is 0 Å². The van der Waals surface area contributed by atoms with Gasteiger partial charge in [-0.15, -0.1) is 0 Å². The van der Waals surface area contributed by atoms with E-state index in [1.807, 2.05) is 0 Å². The van der Waals surface area contributed by atoms with Crippen LogP contribution in [0, 0.1) is 0 Å². The van der Waals surface area contributed by atoms with Gasteiger partial charge in [-0.2, -0.15) is 0 Å². The van der Waals surface area contributed by atoms with Gasteiger partial charge in [-0.1, -0.05) is 6.42 Å². The molecule has 3 unspecified atom stereocenters. The largest absolute Gasteiger partial charge is 0.380 e. The highest BCUT2D eigenvalue weighted by molar-refractivity contribution is 4.85. The van der Waals surface area contributed by atoms with Crippen LogP contribution in [0.15, 0.2) is 0 Å². The van der Waals surface area contributed by atoms with Crippen LogP contribution in [0.1, 0.15) is 32.1 Å². The van der Waals surface area contributed by atoms with E-state index < -0.39 is 0 Å². The van der Waals surface area contributed by atoms with Gasteiger partial charge >= 0.3 is 0 Å². The molecule has 3 atom stereocenters. The Balaban J connectivity index is 1.86. The molecule has 2 rings (SSSR count). The van der Waals surface area contributed by atoms with E-state index in [2.05, 4.69) is 11.9 Å². The summed E-state index contributed by atoms with van der Waals surface area (Å²) < 4.78 is 5.42. The predicted molar refractivity (Wildman–Crippen MR) is 57.2 cm³/mol. The van der Waals surface area contributed by atoms with E-state index in [0.29, 0.717) is 18.1 Å². The molecule has 3 heteroatoms. The molecule has 0 bridgehead atoms. The number of hydrogen-bond donors (Lipinski definition) is 1. The Morgan fingerprint density at radius 2 is 2.07 bits per heavy atom. The quantitative estimate of drug-likeness (QED) is 0.719. The maximum Gasteiger partial charge on any atom is 0.0622 e. The zero-order valence-electron chi connectivity index (χ0n) is 9.11. The Morgan fingerprint density at radius 3 is 2.71 bits per heavy atom. The van der Waals surface area contributed by atoms with Crippen LogP contribution >= 0.6 is 0 Å². The summed E-state index contributed by atoms with van der Waals surface area (Å²) in [6.45, 7) is 1.86. The van der Waals surface area contributed by atoms with E-state index in [9.17, 15) is 0 Å². The molecule has 0 aromatic rings. The summed E-state index contributed by atoms with van der Waals surface area (Å²) >= 11 is 0. The normalized spacial score (nSPS) is 39.2. The number of nitrogens with zero attached hydrogens (tertiary/aromatic N) is 1. The zero-order valence-corrected chi connectivity index (χ0v) is 9.11. The smallest absolute Gasteiger partial charge is 0.0622 e. The van der Waals surface area contributed by atoms with Crippen LogP contribution in [0.5, 0.6) is 0 Å². The van der Waals surface area contributed by atoms with E-state index in [4.69, 9.17) is 10.5 Å². The molecule has 1 heterocycles. The Labute approximate surface area is 86.6 Å². The molecule has 1 aliphatic heterocycles. The Kier molecular flexibility index (Phi) is 3.42. The van der Waals surface area contributed by atoms with Crippen LogP contribution in [-0.4, -0.2) is 43.3 Å². The number of rotatable bonds is 2. The minimum Gasteiger partial charge on any atom is -0.380 e. The monoisotopic (exact) mass is 198 g/mol. The molecular formula is C11H22N2O. The van der Waals surface area contributed by atoms with Gasteiger partial charge in [-0.05, 0) is 32.7 Å². The molecule has 1 saturated carbocycles. The summed E-state index contributed by atoms with van der Waals surface area (Å²) in [6.07, 6.45) is 6.20. The number of likely N-dealkylation sites (N-methyl/N-ethyl adjacent to an activating group) is 1. The molecular weight excluding hydrogens is 176 g/mol. The fourth-order valence-electron chi connectivity index (χ4n) is 2.71. The van der Waals surface area contributed by atoms with Crippen molar-refractivity contribution in [3.63, 3.8) is 0 Å². The van der Waals surface area contributed by atoms with Crippen molar-refractivity contribution in [3.05, 3.63) is 0 Å². The zero-order chi connectivity index (χ0) is 9.97. The second-order valence-corrected chi connectivity index (χ2v) is 4.76. The van der Waals surface area contributed by atoms with Gasteiger partial charge in [0.25, 0.3) is 0 Å². The van der Waals surface area contributed by atoms with Gasteiger partial charge in [0.1, 0.15) is 0 Å². The third-order valence-corrected chi connectivity index (χ3v) is 3.74. The van der Waals surface area contributed by atoms with Crippen LogP contribution in [0.25, 0.3) is 0 Å². The van der Waals surface area contributed by atoms with Crippen LogP contribution in [0.3, 0.4) is 0 Å². The highest BCUT2D eigenvalue weighted by atomic mass is 16.5. The molecule has 2 aliphatic rings. The maximum absolute atomic E-state index is 6.00. The molecule has 82 valence electrons. The molecule has 0 aromatic carbocycles. The average molecular weight is 198 g/mol. The van der Waals surface area contributed by atoms with E-state index in [0.717, 1.165) is 13.2 Å². The third-order valence-electron chi connectivity index (χ3n) is 3.74. The van der Waals surface area contributed by atoms with Gasteiger partial charge in [-0.3, -0.25) is 4.90 Å². The summed E-state index contributed by atoms with van der Waals surface area (Å²) in [7, 11) is 2.24. The van der Waals surface area contributed by atoms with Gasteiger partial charge in [0.15, 0.2) is 0 Å². The Bertz CT molecular complexity index is 180. The predicted octanol–water partition coefficient (Wildman–Crippen LogP) is 0.977. The molecule has 2 N–H and O–H groups in total. The van der Waals surface area contributed by atoms with Gasteiger partial charge in [0.2, 0.25) is 0 Å². The lowest BCUT2D eigenvalue weighted by molar-refractivity contribution is 0.108. The summed E-state index contributed by atoms with van der Waals surface area (Å²) in [5.74, 6) is 0. The average Bonchev–Trinajstić information content (AvgIpc) is 2.69. The Hall–Kier alpha value is -0.120. The Morgan fingerprint density at radius 1 is 1.21 bits per heavy atom. The third kappa shape index (κ3) is 2.27. The highest BCUT2D eigenvalue weighted by Gasteiger charge is 2.29. The molecule has 0 amide bonds. The number of nitrogens with two attached hydrogens (primary N) is 1. The lowest BCUT2D eigenvalue weighted by Gasteiger charge is -2.37. The van der Waals surface area contributed by atoms with Crippen LogP contribution < -0.4 is 5.73 Å². The topological polar surface area (TPSA) is 38.5 Å². The van der Waals surface area contributed by atoms with Crippen molar-refractivity contribution in [1.82, 2.24) is 4.90 Å². The fraction of sp³-hybridized carbons (Fsp3) is 1.00. The van der Waals surface area contributed by atoms with Crippen molar-refractivity contribution < 1.29 is 4.74 Å². The molecule has 14 heavy (non-hydrogen) atoms. The molecule has 0 spiro atoms. The summed E-state index contributed by atoms with van der Waals surface area (Å²) in [5, 5.41) is 0. The van der Waals surface area contributed by atoms with E-state index in [1.54, 1.807) is 0 Å². The van der Waals surface area contributed by atoms with Crippen molar-refractivity contribution >= 4 is 0 Å². The van der Waals surface area contributed by atoms with Crippen molar-refractivity contribution in [1.29, 1.82) is 0 Å². The minimum atomic E-state index is 0.429. The molecule has 0 radical (unpaired) electrons. The summed E-state index contributed by atoms with van der Waals surface area (Å²) in [6, 6.07) is 1.77. The second-order valence-electron chi connectivity index (χ2n) is 4.76.